The topological polar surface area (TPSA) is 17.1 Å². The average molecular weight is 200 g/mol. The van der Waals surface area contributed by atoms with Crippen molar-refractivity contribution in [3.05, 3.63) is 40.5 Å². The third-order valence-electron chi connectivity index (χ3n) is 3.26. The van der Waals surface area contributed by atoms with Crippen LogP contribution in [0, 0.1) is 6.92 Å². The van der Waals surface area contributed by atoms with Gasteiger partial charge in [0.1, 0.15) is 6.29 Å². The van der Waals surface area contributed by atoms with Crippen LogP contribution in [0.1, 0.15) is 41.5 Å². The third kappa shape index (κ3) is 1.87. The van der Waals surface area contributed by atoms with Gasteiger partial charge in [0.2, 0.25) is 0 Å². The summed E-state index contributed by atoms with van der Waals surface area (Å²) in [5, 5.41) is 0. The zero-order valence-corrected chi connectivity index (χ0v) is 9.29. The van der Waals surface area contributed by atoms with E-state index < -0.39 is 0 Å². The van der Waals surface area contributed by atoms with Crippen molar-refractivity contribution in [2.24, 2.45) is 0 Å². The molecular formula is C14H16O. The summed E-state index contributed by atoms with van der Waals surface area (Å²) in [6, 6.07) is 4.51. The molecule has 1 aromatic rings. The molecule has 0 bridgehead atoms. The lowest BCUT2D eigenvalue weighted by Gasteiger charge is -2.08. The molecule has 1 unspecified atom stereocenters. The Morgan fingerprint density at radius 3 is 2.93 bits per heavy atom. The van der Waals surface area contributed by atoms with Crippen LogP contribution in [0.2, 0.25) is 0 Å². The second-order valence-corrected chi connectivity index (χ2v) is 4.34. The molecule has 2 rings (SSSR count). The number of hydrogen-bond acceptors (Lipinski definition) is 1. The first-order valence-electron chi connectivity index (χ1n) is 5.47. The highest BCUT2D eigenvalue weighted by Gasteiger charge is 2.18. The van der Waals surface area contributed by atoms with Crippen molar-refractivity contribution in [3.63, 3.8) is 0 Å². The van der Waals surface area contributed by atoms with E-state index in [1.807, 2.05) is 6.08 Å². The molecule has 0 amide bonds. The molecule has 0 heterocycles. The quantitative estimate of drug-likeness (QED) is 0.529. The summed E-state index contributed by atoms with van der Waals surface area (Å²) in [6.45, 7) is 4.39. The highest BCUT2D eigenvalue weighted by atomic mass is 16.1. The molecule has 0 radical (unpaired) electrons. The molecule has 0 fully saturated rings. The summed E-state index contributed by atoms with van der Waals surface area (Å²) >= 11 is 0. The molecule has 0 spiro atoms. The molecule has 1 aromatic carbocycles. The van der Waals surface area contributed by atoms with Crippen molar-refractivity contribution >= 4 is 12.4 Å². The minimum Gasteiger partial charge on any atom is -0.299 e. The minimum atomic E-state index is 0.697. The van der Waals surface area contributed by atoms with Gasteiger partial charge in [-0.15, -0.1) is 0 Å². The Kier molecular flexibility index (Phi) is 2.72. The Labute approximate surface area is 90.8 Å². The van der Waals surface area contributed by atoms with Crippen LogP contribution < -0.4 is 0 Å². The van der Waals surface area contributed by atoms with E-state index in [1.165, 1.54) is 35.1 Å². The average Bonchev–Trinajstić information content (AvgIpc) is 2.57. The number of carbonyl (C=O) groups excluding carboxylic acids is 1. The zero-order valence-electron chi connectivity index (χ0n) is 9.29. The molecule has 78 valence electrons. The van der Waals surface area contributed by atoms with Gasteiger partial charge in [-0.1, -0.05) is 25.1 Å². The number of allylic oxidation sites excluding steroid dienone is 1. The molecule has 1 aliphatic rings. The fourth-order valence-electron chi connectivity index (χ4n) is 2.32. The predicted octanol–water partition coefficient (Wildman–Crippen LogP) is 3.26. The van der Waals surface area contributed by atoms with Crippen molar-refractivity contribution in [1.82, 2.24) is 0 Å². The Morgan fingerprint density at radius 1 is 1.40 bits per heavy atom. The summed E-state index contributed by atoms with van der Waals surface area (Å²) in [5.74, 6) is 0.697. The van der Waals surface area contributed by atoms with Gasteiger partial charge in [0.25, 0.3) is 0 Å². The lowest BCUT2D eigenvalue weighted by atomic mass is 9.97. The van der Waals surface area contributed by atoms with Gasteiger partial charge in [-0.3, -0.25) is 4.79 Å². The standard InChI is InChI=1S/C14H16O/c1-10-5-6-13-9-12(4-3-7-15)11(2)8-14(10)13/h3-4,7-10H,5-6H2,1-2H3. The smallest absolute Gasteiger partial charge is 0.142 e. The van der Waals surface area contributed by atoms with Crippen molar-refractivity contribution in [2.75, 3.05) is 0 Å². The van der Waals surface area contributed by atoms with Gasteiger partial charge in [-0.25, -0.2) is 0 Å². The minimum absolute atomic E-state index is 0.697. The van der Waals surface area contributed by atoms with Gasteiger partial charge in [0, 0.05) is 0 Å². The van der Waals surface area contributed by atoms with Gasteiger partial charge in [-0.2, -0.15) is 0 Å². The summed E-state index contributed by atoms with van der Waals surface area (Å²) in [5.41, 5.74) is 5.39. The van der Waals surface area contributed by atoms with Gasteiger partial charge in [0.15, 0.2) is 0 Å². The van der Waals surface area contributed by atoms with Crippen molar-refractivity contribution < 1.29 is 4.79 Å². The van der Waals surface area contributed by atoms with E-state index in [1.54, 1.807) is 6.08 Å². The highest BCUT2D eigenvalue weighted by molar-refractivity contribution is 5.75. The van der Waals surface area contributed by atoms with Crippen LogP contribution in [0.3, 0.4) is 0 Å². The Hall–Kier alpha value is -1.37. The predicted molar refractivity (Wildman–Crippen MR) is 63.0 cm³/mol. The fraction of sp³-hybridized carbons (Fsp3) is 0.357. The number of fused-ring (bicyclic) bond motifs is 1. The molecule has 1 aliphatic carbocycles. The number of carbonyl (C=O) groups is 1. The van der Waals surface area contributed by atoms with Crippen LogP contribution >= 0.6 is 0 Å². The fourth-order valence-corrected chi connectivity index (χ4v) is 2.32. The normalized spacial score (nSPS) is 19.5. The van der Waals surface area contributed by atoms with E-state index in [2.05, 4.69) is 26.0 Å². The molecule has 0 aromatic heterocycles. The number of hydrogen-bond donors (Lipinski definition) is 0. The molecule has 0 aliphatic heterocycles. The van der Waals surface area contributed by atoms with Crippen molar-refractivity contribution in [3.8, 4) is 0 Å². The van der Waals surface area contributed by atoms with Gasteiger partial charge in [0.05, 0.1) is 0 Å². The second kappa shape index (κ2) is 4.01. The first-order chi connectivity index (χ1) is 7.22. The molecular weight excluding hydrogens is 184 g/mol. The molecule has 15 heavy (non-hydrogen) atoms. The van der Waals surface area contributed by atoms with E-state index >= 15 is 0 Å². The molecule has 0 N–H and O–H groups in total. The van der Waals surface area contributed by atoms with E-state index in [0.29, 0.717) is 5.92 Å². The Morgan fingerprint density at radius 2 is 2.20 bits per heavy atom. The lowest BCUT2D eigenvalue weighted by Crippen LogP contribution is -1.90. The van der Waals surface area contributed by atoms with Gasteiger partial charge >= 0.3 is 0 Å². The maximum absolute atomic E-state index is 10.3. The largest absolute Gasteiger partial charge is 0.299 e. The second-order valence-electron chi connectivity index (χ2n) is 4.34. The highest BCUT2D eigenvalue weighted by Crippen LogP contribution is 2.34. The van der Waals surface area contributed by atoms with Crippen LogP contribution in [-0.2, 0) is 11.2 Å². The van der Waals surface area contributed by atoms with Crippen LogP contribution in [0.15, 0.2) is 18.2 Å². The van der Waals surface area contributed by atoms with Crippen LogP contribution in [0.4, 0.5) is 0 Å². The number of aryl methyl sites for hydroxylation is 2. The maximum atomic E-state index is 10.3. The van der Waals surface area contributed by atoms with Crippen molar-refractivity contribution in [1.29, 1.82) is 0 Å². The molecule has 1 heteroatoms. The first kappa shape index (κ1) is 10.2. The molecule has 0 saturated heterocycles. The molecule has 1 atom stereocenters. The first-order valence-corrected chi connectivity index (χ1v) is 5.47. The van der Waals surface area contributed by atoms with Gasteiger partial charge < -0.3 is 0 Å². The molecule has 0 saturated carbocycles. The molecule has 1 nitrogen and oxygen atoms in total. The Balaban J connectivity index is 2.44. The Bertz CT molecular complexity index is 416. The number of benzene rings is 1. The monoisotopic (exact) mass is 200 g/mol. The summed E-state index contributed by atoms with van der Waals surface area (Å²) in [4.78, 5) is 10.3. The SMILES string of the molecule is Cc1cc2c(cc1C=CC=O)CCC2C. The number of aldehydes is 1. The van der Waals surface area contributed by atoms with E-state index in [0.717, 1.165) is 6.29 Å². The van der Waals surface area contributed by atoms with Gasteiger partial charge in [-0.05, 0) is 54.0 Å². The number of rotatable bonds is 2. The summed E-state index contributed by atoms with van der Waals surface area (Å²) in [7, 11) is 0. The summed E-state index contributed by atoms with van der Waals surface area (Å²) in [6.07, 6.45) is 6.72. The van der Waals surface area contributed by atoms with E-state index in [-0.39, 0.29) is 0 Å². The van der Waals surface area contributed by atoms with Crippen LogP contribution in [0.5, 0.6) is 0 Å². The zero-order chi connectivity index (χ0) is 10.8. The van der Waals surface area contributed by atoms with E-state index in [4.69, 9.17) is 0 Å². The lowest BCUT2D eigenvalue weighted by molar-refractivity contribution is -0.104. The van der Waals surface area contributed by atoms with Crippen LogP contribution in [-0.4, -0.2) is 6.29 Å². The summed E-state index contributed by atoms with van der Waals surface area (Å²) < 4.78 is 0. The van der Waals surface area contributed by atoms with Crippen molar-refractivity contribution in [2.45, 2.75) is 32.6 Å². The third-order valence-corrected chi connectivity index (χ3v) is 3.26. The van der Waals surface area contributed by atoms with Crippen LogP contribution in [0.25, 0.3) is 6.08 Å². The maximum Gasteiger partial charge on any atom is 0.142 e. The van der Waals surface area contributed by atoms with E-state index in [9.17, 15) is 4.79 Å².